The topological polar surface area (TPSA) is 27.9 Å². The molecule has 0 saturated carbocycles. The molecule has 0 aliphatic rings. The number of hydrogen-bond donors (Lipinski definition) is 0. The number of benzene rings is 14. The highest BCUT2D eigenvalue weighted by Crippen LogP contribution is 2.51. The molecule has 0 atom stereocenters. The Balaban J connectivity index is 0.000000645. The van der Waals surface area contributed by atoms with Crippen LogP contribution >= 0.6 is 0 Å². The van der Waals surface area contributed by atoms with Gasteiger partial charge >= 0.3 is 0 Å². The van der Waals surface area contributed by atoms with Crippen molar-refractivity contribution < 1.29 is 4.42 Å². The van der Waals surface area contributed by atoms with Crippen LogP contribution in [0, 0.1) is 284 Å². The second-order valence-corrected chi connectivity index (χ2v) is 38.8. The minimum atomic E-state index is 1.07. The number of aryl methyl sites for hydroxylation is 16. The van der Waals surface area contributed by atoms with Crippen LogP contribution in [-0.4, -0.2) is 13.7 Å². The monoisotopic (exact) mass is 2020 g/mol. The van der Waals surface area contributed by atoms with Crippen LogP contribution in [0.15, 0.2) is 144 Å². The zero-order valence-electron chi connectivity index (χ0n) is 108. The van der Waals surface area contributed by atoms with Crippen LogP contribution in [0.3, 0.4) is 0 Å². The zero-order valence-corrected chi connectivity index (χ0v) is 108. The molecule has 18 rings (SSSR count). The van der Waals surface area contributed by atoms with Gasteiger partial charge in [-0.25, -0.2) is 0 Å². The molecule has 0 bridgehead atoms. The van der Waals surface area contributed by atoms with Gasteiger partial charge in [-0.3, -0.25) is 0 Å². The van der Waals surface area contributed by atoms with E-state index in [9.17, 15) is 0 Å². The van der Waals surface area contributed by atoms with Crippen molar-refractivity contribution in [3.05, 3.63) is 368 Å². The largest absolute Gasteiger partial charge is 0.455 e. The molecule has 4 heteroatoms. The molecule has 4 nitrogen and oxygen atoms in total. The highest BCUT2D eigenvalue weighted by Gasteiger charge is 2.32. The van der Waals surface area contributed by atoms with Crippen molar-refractivity contribution in [2.75, 3.05) is 0 Å². The van der Waals surface area contributed by atoms with Crippen molar-refractivity contribution >= 4 is 87.4 Å². The molecular weight excluding hydrogens is 1810 g/mol. The average Bonchev–Trinajstić information content (AvgIpc) is 1.52. The number of fused-ring (bicyclic) bond motifs is 12. The molecule has 814 valence electrons. The molecule has 0 N–H and O–H groups in total. The Morgan fingerprint density at radius 1 is 0.147 bits per heavy atom. The summed E-state index contributed by atoms with van der Waals surface area (Å²) < 4.78 is 14.0. The zero-order chi connectivity index (χ0) is 116. The molecule has 0 aliphatic carbocycles. The maximum absolute atomic E-state index is 6.35. The number of furan rings is 1. The third kappa shape index (κ3) is 26.6. The molecule has 0 amide bonds. The number of rotatable bonds is 3. The summed E-state index contributed by atoms with van der Waals surface area (Å²) in [4.78, 5) is 0. The summed E-state index contributed by atoms with van der Waals surface area (Å²) in [6, 6.07) is 47.8. The lowest BCUT2D eigenvalue weighted by Gasteiger charge is -2.26. The summed E-state index contributed by atoms with van der Waals surface area (Å²) in [5.74, 6) is 0. The van der Waals surface area contributed by atoms with Crippen LogP contribution < -0.4 is 0 Å². The maximum Gasteiger partial charge on any atom is 0.138 e. The fourth-order valence-electron chi connectivity index (χ4n) is 21.2. The van der Waals surface area contributed by atoms with Crippen molar-refractivity contribution in [2.24, 2.45) is 7.05 Å². The van der Waals surface area contributed by atoms with Crippen LogP contribution in [0.25, 0.3) is 110 Å². The van der Waals surface area contributed by atoms with Gasteiger partial charge in [0.15, 0.2) is 0 Å². The van der Waals surface area contributed by atoms with Gasteiger partial charge in [-0.2, -0.15) is 0 Å². The van der Waals surface area contributed by atoms with Crippen molar-refractivity contribution in [1.29, 1.82) is 0 Å². The van der Waals surface area contributed by atoms with Gasteiger partial charge in [-0.15, -0.1) is 0 Å². The van der Waals surface area contributed by atoms with Crippen LogP contribution in [0.2, 0.25) is 0 Å². The van der Waals surface area contributed by atoms with Crippen LogP contribution in [-0.2, 0) is 7.05 Å². The fourth-order valence-corrected chi connectivity index (χ4v) is 21.2. The van der Waals surface area contributed by atoms with Crippen molar-refractivity contribution in [2.45, 2.75) is 422 Å². The molecule has 4 aromatic heterocycles. The Labute approximate surface area is 918 Å². The van der Waals surface area contributed by atoms with Crippen LogP contribution in [0.4, 0.5) is 0 Å². The lowest BCUT2D eigenvalue weighted by Crippen LogP contribution is -2.12. The Hall–Kier alpha value is -11.7. The van der Waals surface area contributed by atoms with Gasteiger partial charge in [0.25, 0.3) is 0 Å². The number of nitrogens with zero attached hydrogens (tertiary/aromatic N) is 3. The molecule has 0 fully saturated rings. The lowest BCUT2D eigenvalue weighted by atomic mass is 9.80. The van der Waals surface area contributed by atoms with E-state index >= 15 is 0 Å². The molecule has 4 heterocycles. The van der Waals surface area contributed by atoms with Crippen molar-refractivity contribution in [3.63, 3.8) is 0 Å². The van der Waals surface area contributed by atoms with E-state index in [0.29, 0.717) is 0 Å². The third-order valence-electron chi connectivity index (χ3n) is 32.6. The Morgan fingerprint density at radius 3 is 0.507 bits per heavy atom. The predicted molar refractivity (Wildman–Crippen MR) is 688 cm³/mol. The van der Waals surface area contributed by atoms with Crippen molar-refractivity contribution in [3.8, 4) is 22.5 Å². The van der Waals surface area contributed by atoms with Crippen LogP contribution in [0.5, 0.6) is 0 Å². The number of hydrogen-bond acceptors (Lipinski definition) is 1. The van der Waals surface area contributed by atoms with E-state index in [1.165, 1.54) is 327 Å². The first kappa shape index (κ1) is 134. The van der Waals surface area contributed by atoms with E-state index in [1.54, 1.807) is 0 Å². The molecule has 0 radical (unpaired) electrons. The summed E-state index contributed by atoms with van der Waals surface area (Å²) in [6.45, 7) is 134. The van der Waals surface area contributed by atoms with E-state index in [4.69, 9.17) is 4.42 Å². The fraction of sp³-hybridized carbons (Fsp3) is 0.425. The summed E-state index contributed by atoms with van der Waals surface area (Å²) >= 11 is 0. The predicted octanol–water partition coefficient (Wildman–Crippen LogP) is 46.1. The van der Waals surface area contributed by atoms with Crippen LogP contribution in [0.1, 0.15) is 367 Å². The second-order valence-electron chi connectivity index (χ2n) is 38.8. The van der Waals surface area contributed by atoms with E-state index in [-0.39, 0.29) is 0 Å². The molecular formula is C146H209N3O. The molecule has 150 heavy (non-hydrogen) atoms. The third-order valence-corrected chi connectivity index (χ3v) is 32.6. The smallest absolute Gasteiger partial charge is 0.138 e. The van der Waals surface area contributed by atoms with E-state index in [0.717, 1.165) is 11.2 Å². The lowest BCUT2D eigenvalue weighted by molar-refractivity contribution is 0.661. The highest BCUT2D eigenvalue weighted by atomic mass is 16.3. The van der Waals surface area contributed by atoms with E-state index in [1.807, 2.05) is 193 Å². The van der Waals surface area contributed by atoms with Gasteiger partial charge in [0.05, 0.1) is 33.4 Å². The van der Waals surface area contributed by atoms with Gasteiger partial charge in [0.2, 0.25) is 0 Å². The Morgan fingerprint density at radius 2 is 0.307 bits per heavy atom. The molecule has 0 unspecified atom stereocenters. The van der Waals surface area contributed by atoms with Gasteiger partial charge in [-0.05, 0) is 519 Å². The molecule has 14 aromatic carbocycles. The molecule has 18 aromatic rings. The highest BCUT2D eigenvalue weighted by molar-refractivity contribution is 6.18. The van der Waals surface area contributed by atoms with E-state index in [2.05, 4.69) is 390 Å². The first-order valence-corrected chi connectivity index (χ1v) is 57.3. The van der Waals surface area contributed by atoms with Crippen molar-refractivity contribution in [1.82, 2.24) is 13.7 Å². The van der Waals surface area contributed by atoms with Gasteiger partial charge < -0.3 is 18.1 Å². The molecule has 0 saturated heterocycles. The number of para-hydroxylation sites is 2. The Bertz CT molecular complexity index is 6880. The number of aromatic nitrogens is 3. The standard InChI is InChI=1S/C50H60N2.C22H30.C20H24O.C13H11N.3C7H8.10C2H6/c1-21-25(5)36(16)47-41(30(21)10)42-31(11)22(2)26(6)37(17)48(42)51(47)45-34(14)29(9)35(15)46(40(45)20)52-49-38(18)27(7)23(3)32(12)43(49)44-33(13)24(4)28(8)39(19)50(44)52;1-11-13(3)17(7)21(18(8)14(11)4)22-19(9)15(5)12(2)16(6)20(22)10;1-9-11(3)15(7)19-17(13(9)5)18-14(6)10(2)12(4)16(8)20(18)21-19;1-14-12-8-4-2-6-10(12)11-7-3-5-9-13(11)14;3*1-7-5-3-2-4-6-7;10*1-2/h1-20H3;1-10H3;1-8H3;2-9H,1H3;3*2-6H,1H3;10*1-2H3. The normalized spacial score (nSPS) is 10.2. The van der Waals surface area contributed by atoms with Gasteiger partial charge in [0, 0.05) is 61.2 Å². The quantitative estimate of drug-likeness (QED) is 0.173. The maximum atomic E-state index is 6.35. The SMILES string of the molecule is CC.CC.CC.CC.CC.CC.CC.CC.CC.CC.Cc1c(C)c(-n2c3c(C)c(C)c(C)c(C)c3c3c(C)c(C)c(C)c(C)c32)c(C)c(-n2c3c(C)c(C)c(C)c(C)c3c3c(C)c(C)c(C)c(C)c32)c1C.Cc1c(C)c(C)c(-c2c(C)c(C)c(C)c(C)c2C)c(C)c1C.Cc1c(C)c(C)c2c(oc3c(C)c(C)c(C)c(C)c32)c1C.Cc1ccccc1.Cc1ccccc1.Cc1ccccc1.Cn1c2ccccc2c2ccccc21. The summed E-state index contributed by atoms with van der Waals surface area (Å²) in [6.07, 6.45) is 0. The summed E-state index contributed by atoms with van der Waals surface area (Å²) in [7, 11) is 2.12. The Kier molecular flexibility index (Phi) is 54.7. The first-order valence-electron chi connectivity index (χ1n) is 57.3. The van der Waals surface area contributed by atoms with E-state index < -0.39 is 0 Å². The minimum Gasteiger partial charge on any atom is -0.455 e. The minimum absolute atomic E-state index is 1.07. The second kappa shape index (κ2) is 61.1. The summed E-state index contributed by atoms with van der Waals surface area (Å²) in [5, 5.41) is 11.0. The molecule has 0 aliphatic heterocycles. The first-order chi connectivity index (χ1) is 71.1. The van der Waals surface area contributed by atoms with Gasteiger partial charge in [-0.1, -0.05) is 283 Å². The average molecular weight is 2020 g/mol. The molecule has 0 spiro atoms. The summed E-state index contributed by atoms with van der Waals surface area (Å²) in [5.41, 5.74) is 72.7. The van der Waals surface area contributed by atoms with Gasteiger partial charge in [0.1, 0.15) is 11.2 Å².